The van der Waals surface area contributed by atoms with Crippen molar-refractivity contribution in [3.8, 4) is 0 Å². The summed E-state index contributed by atoms with van der Waals surface area (Å²) in [6.07, 6.45) is 3.97. The van der Waals surface area contributed by atoms with Gasteiger partial charge >= 0.3 is 0 Å². The third-order valence-corrected chi connectivity index (χ3v) is 5.32. The van der Waals surface area contributed by atoms with Gasteiger partial charge in [0.15, 0.2) is 0 Å². The molecule has 1 aromatic rings. The molecule has 3 rings (SSSR count). The molecule has 0 aliphatic carbocycles. The molecule has 0 saturated carbocycles. The van der Waals surface area contributed by atoms with Crippen molar-refractivity contribution in [2.75, 3.05) is 33.4 Å². The normalized spacial score (nSPS) is 32.2. The van der Waals surface area contributed by atoms with Crippen LogP contribution in [0.2, 0.25) is 0 Å². The summed E-state index contributed by atoms with van der Waals surface area (Å²) >= 11 is 1.85. The largest absolute Gasteiger partial charge is 0.384 e. The second kappa shape index (κ2) is 5.92. The van der Waals surface area contributed by atoms with Gasteiger partial charge in [0.1, 0.15) is 0 Å². The molecule has 2 saturated heterocycles. The number of fused-ring (bicyclic) bond motifs is 1. The molecule has 0 radical (unpaired) electrons. The van der Waals surface area contributed by atoms with E-state index in [1.165, 1.54) is 17.7 Å². The van der Waals surface area contributed by atoms with Crippen LogP contribution in [-0.2, 0) is 16.0 Å². The highest BCUT2D eigenvalue weighted by Gasteiger charge is 2.45. The van der Waals surface area contributed by atoms with Gasteiger partial charge in [-0.1, -0.05) is 6.07 Å². The van der Waals surface area contributed by atoms with E-state index in [4.69, 9.17) is 9.47 Å². The number of methoxy groups -OCH3 is 1. The van der Waals surface area contributed by atoms with Crippen LogP contribution in [0.3, 0.4) is 0 Å². The number of hydrogen-bond acceptors (Lipinski definition) is 4. The molecule has 3 nitrogen and oxygen atoms in total. The lowest BCUT2D eigenvalue weighted by Crippen LogP contribution is -2.56. The van der Waals surface area contributed by atoms with Crippen LogP contribution in [0.1, 0.15) is 24.1 Å². The molecule has 0 unspecified atom stereocenters. The quantitative estimate of drug-likeness (QED) is 0.847. The van der Waals surface area contributed by atoms with Crippen molar-refractivity contribution in [2.24, 2.45) is 5.41 Å². The minimum absolute atomic E-state index is 0.225. The van der Waals surface area contributed by atoms with Crippen molar-refractivity contribution < 1.29 is 9.47 Å². The lowest BCUT2D eigenvalue weighted by atomic mass is 9.73. The summed E-state index contributed by atoms with van der Waals surface area (Å²) in [5, 5.41) is 2.16. The van der Waals surface area contributed by atoms with E-state index in [1.54, 1.807) is 0 Å². The average molecular weight is 281 g/mol. The van der Waals surface area contributed by atoms with E-state index in [2.05, 4.69) is 22.4 Å². The van der Waals surface area contributed by atoms with Crippen molar-refractivity contribution in [1.29, 1.82) is 0 Å². The van der Waals surface area contributed by atoms with Crippen LogP contribution in [0.4, 0.5) is 0 Å². The first kappa shape index (κ1) is 13.6. The Morgan fingerprint density at radius 3 is 3.32 bits per heavy atom. The first-order valence-electron chi connectivity index (χ1n) is 7.18. The van der Waals surface area contributed by atoms with Gasteiger partial charge < -0.3 is 9.47 Å². The summed E-state index contributed by atoms with van der Waals surface area (Å²) in [5.41, 5.74) is 0.225. The van der Waals surface area contributed by atoms with Crippen LogP contribution in [-0.4, -0.2) is 44.4 Å². The molecule has 3 heterocycles. The molecular weight excluding hydrogens is 258 g/mol. The predicted octanol–water partition coefficient (Wildman–Crippen LogP) is 2.77. The van der Waals surface area contributed by atoms with E-state index in [9.17, 15) is 0 Å². The van der Waals surface area contributed by atoms with E-state index in [0.29, 0.717) is 6.10 Å². The fraction of sp³-hybridized carbons (Fsp3) is 0.733. The molecular formula is C15H23NO2S. The second-order valence-corrected chi connectivity index (χ2v) is 6.87. The number of ether oxygens (including phenoxy) is 2. The standard InChI is InChI=1S/C15H23NO2S/c1-17-12-15-6-3-8-18-14(15)5-7-16(11-15)10-13-4-2-9-19-13/h2,4,9,14H,3,5-8,10-12H2,1H3/t14-,15-/m1/s1. The molecule has 2 fully saturated rings. The summed E-state index contributed by atoms with van der Waals surface area (Å²) in [4.78, 5) is 4.04. The minimum Gasteiger partial charge on any atom is -0.384 e. The zero-order valence-corrected chi connectivity index (χ0v) is 12.5. The number of nitrogens with zero attached hydrogens (tertiary/aromatic N) is 1. The van der Waals surface area contributed by atoms with Gasteiger partial charge in [-0.2, -0.15) is 0 Å². The summed E-state index contributed by atoms with van der Waals surface area (Å²) in [5.74, 6) is 0. The van der Waals surface area contributed by atoms with E-state index in [-0.39, 0.29) is 5.41 Å². The smallest absolute Gasteiger partial charge is 0.0677 e. The zero-order valence-electron chi connectivity index (χ0n) is 11.6. The van der Waals surface area contributed by atoms with Crippen molar-refractivity contribution in [3.63, 3.8) is 0 Å². The second-order valence-electron chi connectivity index (χ2n) is 5.84. The SMILES string of the molecule is COC[C@]12CCCO[C@@H]1CCN(Cc1cccs1)C2. The van der Waals surface area contributed by atoms with Crippen LogP contribution in [0.25, 0.3) is 0 Å². The van der Waals surface area contributed by atoms with Gasteiger partial charge in [-0.25, -0.2) is 0 Å². The Labute approximate surface area is 119 Å². The first-order chi connectivity index (χ1) is 9.32. The van der Waals surface area contributed by atoms with E-state index in [1.807, 2.05) is 18.4 Å². The molecule has 4 heteroatoms. The van der Waals surface area contributed by atoms with Gasteiger partial charge in [0.2, 0.25) is 0 Å². The highest BCUT2D eigenvalue weighted by atomic mass is 32.1. The summed E-state index contributed by atoms with van der Waals surface area (Å²) in [6.45, 7) is 5.10. The number of thiophene rings is 1. The van der Waals surface area contributed by atoms with E-state index >= 15 is 0 Å². The van der Waals surface area contributed by atoms with Gasteiger partial charge in [0.05, 0.1) is 12.7 Å². The maximum Gasteiger partial charge on any atom is 0.0677 e. The summed E-state index contributed by atoms with van der Waals surface area (Å²) in [7, 11) is 1.82. The summed E-state index contributed by atoms with van der Waals surface area (Å²) in [6, 6.07) is 4.37. The van der Waals surface area contributed by atoms with E-state index in [0.717, 1.165) is 39.3 Å². The number of hydrogen-bond donors (Lipinski definition) is 0. The molecule has 0 aromatic carbocycles. The Bertz CT molecular complexity index is 391. The fourth-order valence-corrected chi connectivity index (χ4v) is 4.38. The van der Waals surface area contributed by atoms with Crippen LogP contribution in [0.15, 0.2) is 17.5 Å². The fourth-order valence-electron chi connectivity index (χ4n) is 3.64. The molecule has 2 aliphatic rings. The third-order valence-electron chi connectivity index (χ3n) is 4.46. The highest BCUT2D eigenvalue weighted by Crippen LogP contribution is 2.40. The first-order valence-corrected chi connectivity index (χ1v) is 8.06. The molecule has 19 heavy (non-hydrogen) atoms. The Morgan fingerprint density at radius 2 is 2.53 bits per heavy atom. The topological polar surface area (TPSA) is 21.7 Å². The molecule has 0 bridgehead atoms. The van der Waals surface area contributed by atoms with Crippen LogP contribution in [0.5, 0.6) is 0 Å². The number of piperidine rings is 1. The van der Waals surface area contributed by atoms with Crippen molar-refractivity contribution in [2.45, 2.75) is 31.9 Å². The van der Waals surface area contributed by atoms with Crippen molar-refractivity contribution >= 4 is 11.3 Å². The lowest BCUT2D eigenvalue weighted by Gasteiger charge is -2.50. The average Bonchev–Trinajstić information content (AvgIpc) is 2.91. The highest BCUT2D eigenvalue weighted by molar-refractivity contribution is 7.09. The molecule has 2 atom stereocenters. The maximum absolute atomic E-state index is 6.02. The Hall–Kier alpha value is -0.420. The Balaban J connectivity index is 1.69. The van der Waals surface area contributed by atoms with Crippen LogP contribution < -0.4 is 0 Å². The van der Waals surface area contributed by atoms with Gasteiger partial charge in [-0.15, -0.1) is 11.3 Å². The van der Waals surface area contributed by atoms with Crippen molar-refractivity contribution in [3.05, 3.63) is 22.4 Å². The van der Waals surface area contributed by atoms with E-state index < -0.39 is 0 Å². The third kappa shape index (κ3) is 2.87. The number of likely N-dealkylation sites (tertiary alicyclic amines) is 1. The predicted molar refractivity (Wildman–Crippen MR) is 77.5 cm³/mol. The minimum atomic E-state index is 0.225. The van der Waals surface area contributed by atoms with Crippen LogP contribution >= 0.6 is 11.3 Å². The van der Waals surface area contributed by atoms with Gasteiger partial charge in [-0.3, -0.25) is 4.90 Å². The summed E-state index contributed by atoms with van der Waals surface area (Å²) < 4.78 is 11.5. The Kier molecular flexibility index (Phi) is 4.22. The maximum atomic E-state index is 6.02. The van der Waals surface area contributed by atoms with Gasteiger partial charge in [0, 0.05) is 43.6 Å². The molecule has 0 amide bonds. The van der Waals surface area contributed by atoms with Gasteiger partial charge in [-0.05, 0) is 30.7 Å². The zero-order chi connectivity index (χ0) is 13.1. The lowest BCUT2D eigenvalue weighted by molar-refractivity contribution is -0.149. The monoisotopic (exact) mass is 281 g/mol. The van der Waals surface area contributed by atoms with Crippen LogP contribution in [0, 0.1) is 5.41 Å². The molecule has 106 valence electrons. The molecule has 0 N–H and O–H groups in total. The number of rotatable bonds is 4. The molecule has 2 aliphatic heterocycles. The molecule has 0 spiro atoms. The Morgan fingerprint density at radius 1 is 1.58 bits per heavy atom. The molecule has 1 aromatic heterocycles. The van der Waals surface area contributed by atoms with Crippen molar-refractivity contribution in [1.82, 2.24) is 4.90 Å². The van der Waals surface area contributed by atoms with Gasteiger partial charge in [0.25, 0.3) is 0 Å².